The van der Waals surface area contributed by atoms with Crippen LogP contribution in [-0.2, 0) is 0 Å². The second kappa shape index (κ2) is 6.42. The predicted molar refractivity (Wildman–Crippen MR) is 98.6 cm³/mol. The maximum absolute atomic E-state index is 5.19. The number of rotatable bonds is 4. The highest BCUT2D eigenvalue weighted by Gasteiger charge is 2.05. The van der Waals surface area contributed by atoms with Gasteiger partial charge in [0.25, 0.3) is 0 Å². The van der Waals surface area contributed by atoms with E-state index in [1.807, 2.05) is 36.4 Å². The van der Waals surface area contributed by atoms with Crippen molar-refractivity contribution in [2.45, 2.75) is 9.79 Å². The van der Waals surface area contributed by atoms with Crippen LogP contribution >= 0.6 is 11.8 Å². The van der Waals surface area contributed by atoms with Gasteiger partial charge >= 0.3 is 0 Å². The van der Waals surface area contributed by atoms with Gasteiger partial charge < -0.3 is 9.72 Å². The molecule has 0 radical (unpaired) electrons. The Balaban J connectivity index is 1.55. The summed E-state index contributed by atoms with van der Waals surface area (Å²) in [7, 11) is 1.68. The van der Waals surface area contributed by atoms with E-state index >= 15 is 0 Å². The van der Waals surface area contributed by atoms with Gasteiger partial charge in [-0.25, -0.2) is 4.98 Å². The van der Waals surface area contributed by atoms with E-state index < -0.39 is 0 Å². The Kier molecular flexibility index (Phi) is 3.97. The molecule has 0 aliphatic rings. The number of hydrogen-bond donors (Lipinski definition) is 1. The van der Waals surface area contributed by atoms with E-state index in [1.54, 1.807) is 18.9 Å². The molecule has 3 nitrogen and oxygen atoms in total. The van der Waals surface area contributed by atoms with Crippen LogP contribution in [0.3, 0.4) is 0 Å². The number of H-pyrrole nitrogens is 1. The first kappa shape index (κ1) is 14.8. The minimum absolute atomic E-state index is 0.875. The lowest BCUT2D eigenvalue weighted by atomic mass is 10.2. The van der Waals surface area contributed by atoms with Gasteiger partial charge in [0, 0.05) is 15.4 Å². The molecule has 0 fully saturated rings. The lowest BCUT2D eigenvalue weighted by Gasteiger charge is -2.04. The van der Waals surface area contributed by atoms with Crippen LogP contribution in [0, 0.1) is 0 Å². The highest BCUT2D eigenvalue weighted by atomic mass is 32.2. The Morgan fingerprint density at radius 3 is 2.17 bits per heavy atom. The summed E-state index contributed by atoms with van der Waals surface area (Å²) in [4.78, 5) is 10.4. The largest absolute Gasteiger partial charge is 0.497 e. The Bertz CT molecular complexity index is 926. The third-order valence-electron chi connectivity index (χ3n) is 3.81. The molecule has 0 aliphatic carbocycles. The van der Waals surface area contributed by atoms with Crippen LogP contribution in [0.2, 0.25) is 0 Å². The number of aromatic nitrogens is 2. The van der Waals surface area contributed by atoms with Crippen molar-refractivity contribution < 1.29 is 4.74 Å². The molecule has 0 amide bonds. The molecule has 0 spiro atoms. The van der Waals surface area contributed by atoms with Crippen LogP contribution in [0.5, 0.6) is 5.75 Å². The molecular formula is C20H16N2OS. The average Bonchev–Trinajstić information content (AvgIpc) is 3.07. The number of nitrogens with zero attached hydrogens (tertiary/aromatic N) is 1. The molecular weight excluding hydrogens is 316 g/mol. The summed E-state index contributed by atoms with van der Waals surface area (Å²) in [6.07, 6.45) is 0. The molecule has 4 rings (SSSR count). The molecule has 0 atom stereocenters. The molecule has 118 valence electrons. The normalized spacial score (nSPS) is 10.9. The van der Waals surface area contributed by atoms with Crippen LogP contribution in [0.4, 0.5) is 0 Å². The van der Waals surface area contributed by atoms with Gasteiger partial charge in [0.05, 0.1) is 18.1 Å². The number of methoxy groups -OCH3 is 1. The van der Waals surface area contributed by atoms with Crippen molar-refractivity contribution >= 4 is 22.8 Å². The number of benzene rings is 3. The number of aromatic amines is 1. The molecule has 1 aromatic heterocycles. The minimum atomic E-state index is 0.875. The van der Waals surface area contributed by atoms with E-state index in [-0.39, 0.29) is 0 Å². The van der Waals surface area contributed by atoms with E-state index in [4.69, 9.17) is 4.74 Å². The Morgan fingerprint density at radius 1 is 0.833 bits per heavy atom. The van der Waals surface area contributed by atoms with Crippen molar-refractivity contribution in [3.63, 3.8) is 0 Å². The molecule has 4 aromatic rings. The van der Waals surface area contributed by atoms with Gasteiger partial charge in [-0.3, -0.25) is 0 Å². The zero-order chi connectivity index (χ0) is 16.4. The smallest absolute Gasteiger partial charge is 0.138 e. The van der Waals surface area contributed by atoms with E-state index in [0.717, 1.165) is 28.2 Å². The van der Waals surface area contributed by atoms with Crippen molar-refractivity contribution in [3.05, 3.63) is 72.8 Å². The summed E-state index contributed by atoms with van der Waals surface area (Å²) < 4.78 is 5.19. The Hall–Kier alpha value is -2.72. The SMILES string of the molecule is COc1ccc(Sc2ccc(-c3nc4ccccc4[nH]3)cc2)cc1. The second-order valence-corrected chi connectivity index (χ2v) is 6.55. The topological polar surface area (TPSA) is 37.9 Å². The summed E-state index contributed by atoms with van der Waals surface area (Å²) in [6.45, 7) is 0. The van der Waals surface area contributed by atoms with E-state index in [9.17, 15) is 0 Å². The van der Waals surface area contributed by atoms with Crippen LogP contribution in [0.25, 0.3) is 22.4 Å². The third-order valence-corrected chi connectivity index (χ3v) is 4.83. The van der Waals surface area contributed by atoms with Crippen LogP contribution in [0.15, 0.2) is 82.6 Å². The fraction of sp³-hybridized carbons (Fsp3) is 0.0500. The Morgan fingerprint density at radius 2 is 1.50 bits per heavy atom. The lowest BCUT2D eigenvalue weighted by molar-refractivity contribution is 0.414. The number of fused-ring (bicyclic) bond motifs is 1. The zero-order valence-corrected chi connectivity index (χ0v) is 14.0. The molecule has 1 N–H and O–H groups in total. The van der Waals surface area contributed by atoms with Gasteiger partial charge in [0.1, 0.15) is 11.6 Å². The highest BCUT2D eigenvalue weighted by molar-refractivity contribution is 7.99. The predicted octanol–water partition coefficient (Wildman–Crippen LogP) is 5.39. The fourth-order valence-corrected chi connectivity index (χ4v) is 3.37. The number of hydrogen-bond acceptors (Lipinski definition) is 3. The number of imidazole rings is 1. The summed E-state index contributed by atoms with van der Waals surface area (Å²) in [6, 6.07) is 24.6. The van der Waals surface area contributed by atoms with E-state index in [2.05, 4.69) is 46.4 Å². The molecule has 0 saturated carbocycles. The van der Waals surface area contributed by atoms with Gasteiger partial charge in [0.2, 0.25) is 0 Å². The second-order valence-electron chi connectivity index (χ2n) is 5.40. The van der Waals surface area contributed by atoms with Gasteiger partial charge in [-0.15, -0.1) is 0 Å². The van der Waals surface area contributed by atoms with Gasteiger partial charge in [-0.05, 0) is 48.5 Å². The van der Waals surface area contributed by atoms with Crippen molar-refractivity contribution in [1.82, 2.24) is 9.97 Å². The third kappa shape index (κ3) is 3.01. The summed E-state index contributed by atoms with van der Waals surface area (Å²) in [5.41, 5.74) is 3.14. The molecule has 4 heteroatoms. The molecule has 24 heavy (non-hydrogen) atoms. The first-order chi connectivity index (χ1) is 11.8. The first-order valence-corrected chi connectivity index (χ1v) is 8.50. The van der Waals surface area contributed by atoms with Gasteiger partial charge in [-0.2, -0.15) is 0 Å². The summed E-state index contributed by atoms with van der Waals surface area (Å²) >= 11 is 1.73. The standard InChI is InChI=1S/C20H16N2OS/c1-23-15-8-12-17(13-9-15)24-16-10-6-14(7-11-16)20-21-18-4-2-3-5-19(18)22-20/h2-13H,1H3,(H,21,22). The lowest BCUT2D eigenvalue weighted by Crippen LogP contribution is -1.82. The molecule has 0 aliphatic heterocycles. The maximum Gasteiger partial charge on any atom is 0.138 e. The van der Waals surface area contributed by atoms with Crippen molar-refractivity contribution in [3.8, 4) is 17.1 Å². The molecule has 0 saturated heterocycles. The maximum atomic E-state index is 5.19. The first-order valence-electron chi connectivity index (χ1n) is 7.69. The Labute approximate surface area is 144 Å². The number of ether oxygens (including phenoxy) is 1. The number of para-hydroxylation sites is 2. The van der Waals surface area contributed by atoms with Crippen molar-refractivity contribution in [2.75, 3.05) is 7.11 Å². The number of nitrogens with one attached hydrogen (secondary N) is 1. The van der Waals surface area contributed by atoms with Crippen LogP contribution in [0.1, 0.15) is 0 Å². The van der Waals surface area contributed by atoms with Gasteiger partial charge in [-0.1, -0.05) is 36.0 Å². The van der Waals surface area contributed by atoms with E-state index in [1.165, 1.54) is 9.79 Å². The van der Waals surface area contributed by atoms with Crippen molar-refractivity contribution in [2.24, 2.45) is 0 Å². The highest BCUT2D eigenvalue weighted by Crippen LogP contribution is 2.30. The fourth-order valence-electron chi connectivity index (χ4n) is 2.55. The van der Waals surface area contributed by atoms with Gasteiger partial charge in [0.15, 0.2) is 0 Å². The van der Waals surface area contributed by atoms with E-state index in [0.29, 0.717) is 0 Å². The quantitative estimate of drug-likeness (QED) is 0.544. The molecule has 3 aromatic carbocycles. The van der Waals surface area contributed by atoms with Crippen LogP contribution in [-0.4, -0.2) is 17.1 Å². The van der Waals surface area contributed by atoms with Crippen LogP contribution < -0.4 is 4.74 Å². The van der Waals surface area contributed by atoms with Crippen molar-refractivity contribution in [1.29, 1.82) is 0 Å². The molecule has 1 heterocycles. The summed E-state index contributed by atoms with van der Waals surface area (Å²) in [5.74, 6) is 1.77. The summed E-state index contributed by atoms with van der Waals surface area (Å²) in [5, 5.41) is 0. The molecule has 0 unspecified atom stereocenters. The zero-order valence-electron chi connectivity index (χ0n) is 13.2. The monoisotopic (exact) mass is 332 g/mol. The molecule has 0 bridgehead atoms. The minimum Gasteiger partial charge on any atom is -0.497 e. The average molecular weight is 332 g/mol.